The number of hydrogen-bond donors (Lipinski definition) is 0. The molecule has 11 heteroatoms. The quantitative estimate of drug-likeness (QED) is 0.190. The van der Waals surface area contributed by atoms with Crippen molar-refractivity contribution in [2.75, 3.05) is 45.4 Å². The Morgan fingerprint density at radius 1 is 0.980 bits per heavy atom. The van der Waals surface area contributed by atoms with E-state index in [1.807, 2.05) is 54.0 Å². The van der Waals surface area contributed by atoms with Crippen LogP contribution >= 0.6 is 0 Å². The third-order valence-electron chi connectivity index (χ3n) is 11.7. The molecule has 3 aliphatic rings. The van der Waals surface area contributed by atoms with E-state index in [1.54, 1.807) is 25.3 Å². The van der Waals surface area contributed by atoms with E-state index in [-0.39, 0.29) is 36.2 Å². The Kier molecular flexibility index (Phi) is 11.6. The minimum atomic E-state index is -0.329. The van der Waals surface area contributed by atoms with Crippen LogP contribution in [-0.2, 0) is 14.3 Å². The number of likely N-dealkylation sites (tertiary alicyclic amines) is 1. The number of carbonyl (C=O) groups is 2. The molecule has 1 atom stereocenters. The van der Waals surface area contributed by atoms with E-state index < -0.39 is 0 Å². The number of aromatic nitrogens is 4. The van der Waals surface area contributed by atoms with Gasteiger partial charge in [-0.05, 0) is 94.0 Å². The molecule has 0 radical (unpaired) electrons. The first-order chi connectivity index (χ1) is 24.6. The van der Waals surface area contributed by atoms with Crippen molar-refractivity contribution in [1.82, 2.24) is 24.6 Å². The van der Waals surface area contributed by atoms with Crippen LogP contribution in [-0.4, -0.2) is 82.7 Å². The van der Waals surface area contributed by atoms with Crippen molar-refractivity contribution in [2.24, 2.45) is 17.8 Å². The topological polar surface area (TPSA) is 112 Å². The second-order valence-electron chi connectivity index (χ2n) is 15.3. The number of hydrogen-bond acceptors (Lipinski definition) is 8. The molecule has 1 unspecified atom stereocenters. The lowest BCUT2D eigenvalue weighted by atomic mass is 9.79. The molecule has 0 N–H and O–H groups in total. The Morgan fingerprint density at radius 2 is 1.73 bits per heavy atom. The van der Waals surface area contributed by atoms with Crippen LogP contribution in [0.4, 0.5) is 10.6 Å². The Morgan fingerprint density at radius 3 is 2.39 bits per heavy atom. The van der Waals surface area contributed by atoms with Crippen molar-refractivity contribution in [3.63, 3.8) is 0 Å². The highest BCUT2D eigenvalue weighted by molar-refractivity contribution is 5.94. The van der Waals surface area contributed by atoms with Crippen LogP contribution in [0.15, 0.2) is 42.9 Å². The summed E-state index contributed by atoms with van der Waals surface area (Å²) in [5.74, 6) is 2.92. The summed E-state index contributed by atoms with van der Waals surface area (Å²) in [6.45, 7) is 10.2. The predicted molar refractivity (Wildman–Crippen MR) is 197 cm³/mol. The molecule has 0 spiro atoms. The van der Waals surface area contributed by atoms with Crippen molar-refractivity contribution >= 4 is 17.8 Å². The Balaban J connectivity index is 1.11. The molecule has 6 rings (SSSR count). The van der Waals surface area contributed by atoms with E-state index in [0.29, 0.717) is 43.2 Å². The summed E-state index contributed by atoms with van der Waals surface area (Å²) in [7, 11) is 3.38. The third-order valence-corrected chi connectivity index (χ3v) is 11.7. The number of aryl methyl sites for hydroxylation is 1. The van der Waals surface area contributed by atoms with Gasteiger partial charge in [-0.25, -0.2) is 9.78 Å². The fraction of sp³-hybridized carbons (Fsp3) is 0.625. The number of pyridine rings is 2. The first-order valence-electron chi connectivity index (χ1n) is 18.9. The molecule has 2 saturated carbocycles. The van der Waals surface area contributed by atoms with Gasteiger partial charge in [-0.15, -0.1) is 0 Å². The maximum absolute atomic E-state index is 14.2. The van der Waals surface area contributed by atoms with Gasteiger partial charge in [0.05, 0.1) is 38.1 Å². The monoisotopic (exact) mass is 700 g/mol. The van der Waals surface area contributed by atoms with Crippen molar-refractivity contribution in [3.8, 4) is 16.9 Å². The van der Waals surface area contributed by atoms with E-state index >= 15 is 0 Å². The van der Waals surface area contributed by atoms with Crippen molar-refractivity contribution in [2.45, 2.75) is 103 Å². The molecule has 0 aromatic carbocycles. The molecule has 3 fully saturated rings. The molecule has 4 heterocycles. The Labute approximate surface area is 303 Å². The van der Waals surface area contributed by atoms with Crippen molar-refractivity contribution in [3.05, 3.63) is 54.2 Å². The maximum Gasteiger partial charge on any atom is 0.410 e. The summed E-state index contributed by atoms with van der Waals surface area (Å²) in [4.78, 5) is 40.2. The fourth-order valence-corrected chi connectivity index (χ4v) is 8.07. The van der Waals surface area contributed by atoms with Crippen LogP contribution in [0.2, 0.25) is 0 Å². The zero-order valence-corrected chi connectivity index (χ0v) is 31.3. The molecule has 2 amide bonds. The number of carbonyl (C=O) groups excluding carboxylic acids is 2. The summed E-state index contributed by atoms with van der Waals surface area (Å²) < 4.78 is 18.6. The van der Waals surface area contributed by atoms with E-state index in [9.17, 15) is 9.59 Å². The number of rotatable bonds is 12. The lowest BCUT2D eigenvalue weighted by molar-refractivity contribution is -0.142. The van der Waals surface area contributed by atoms with Crippen LogP contribution in [0.1, 0.15) is 102 Å². The number of ether oxygens (including phenoxy) is 3. The highest BCUT2D eigenvalue weighted by atomic mass is 16.6. The van der Waals surface area contributed by atoms with Gasteiger partial charge in [0.1, 0.15) is 23.8 Å². The van der Waals surface area contributed by atoms with Crippen molar-refractivity contribution in [1.29, 1.82) is 0 Å². The predicted octanol–water partition coefficient (Wildman–Crippen LogP) is 7.60. The van der Waals surface area contributed by atoms with Crippen LogP contribution < -0.4 is 9.64 Å². The lowest BCUT2D eigenvalue weighted by Gasteiger charge is -2.50. The second-order valence-corrected chi connectivity index (χ2v) is 15.3. The highest BCUT2D eigenvalue weighted by Gasteiger charge is 2.48. The zero-order valence-electron chi connectivity index (χ0n) is 31.3. The van der Waals surface area contributed by atoms with Gasteiger partial charge < -0.3 is 19.1 Å². The average Bonchev–Trinajstić information content (AvgIpc) is 3.64. The first kappa shape index (κ1) is 36.8. The molecule has 0 bridgehead atoms. The second kappa shape index (κ2) is 16.1. The van der Waals surface area contributed by atoms with E-state index in [1.165, 1.54) is 6.42 Å². The summed E-state index contributed by atoms with van der Waals surface area (Å²) in [5.41, 5.74) is 3.65. The van der Waals surface area contributed by atoms with Gasteiger partial charge in [-0.2, -0.15) is 5.10 Å². The fourth-order valence-electron chi connectivity index (χ4n) is 8.07. The molecule has 3 aromatic heterocycles. The highest BCUT2D eigenvalue weighted by Crippen LogP contribution is 2.38. The van der Waals surface area contributed by atoms with Gasteiger partial charge in [0.2, 0.25) is 5.91 Å². The molecular formula is C40H56N6O5. The number of nitrogens with zero attached hydrogens (tertiary/aromatic N) is 6. The van der Waals surface area contributed by atoms with Gasteiger partial charge in [0.25, 0.3) is 0 Å². The van der Waals surface area contributed by atoms with Gasteiger partial charge in [-0.3, -0.25) is 19.4 Å². The average molecular weight is 701 g/mol. The van der Waals surface area contributed by atoms with E-state index in [2.05, 4.69) is 25.0 Å². The molecule has 1 aliphatic heterocycles. The van der Waals surface area contributed by atoms with E-state index in [4.69, 9.17) is 24.2 Å². The largest absolute Gasteiger partial charge is 0.495 e. The van der Waals surface area contributed by atoms with Crippen LogP contribution in [0.3, 0.4) is 0 Å². The number of methoxy groups -OCH3 is 2. The Hall–Kier alpha value is -3.99. The zero-order chi connectivity index (χ0) is 36.1. The minimum absolute atomic E-state index is 0.0471. The summed E-state index contributed by atoms with van der Waals surface area (Å²) in [5, 5.41) is 4.61. The maximum atomic E-state index is 14.2. The molecule has 276 valence electrons. The van der Waals surface area contributed by atoms with E-state index in [0.717, 1.165) is 79.6 Å². The van der Waals surface area contributed by atoms with Gasteiger partial charge in [0, 0.05) is 49.1 Å². The van der Waals surface area contributed by atoms with Gasteiger partial charge >= 0.3 is 6.09 Å². The molecular weight excluding hydrogens is 644 g/mol. The summed E-state index contributed by atoms with van der Waals surface area (Å²) in [6, 6.07) is 7.98. The van der Waals surface area contributed by atoms with Gasteiger partial charge in [0.15, 0.2) is 0 Å². The molecule has 51 heavy (non-hydrogen) atoms. The summed E-state index contributed by atoms with van der Waals surface area (Å²) in [6.07, 6.45) is 14.8. The van der Waals surface area contributed by atoms with Crippen molar-refractivity contribution < 1.29 is 23.8 Å². The number of amides is 2. The molecule has 2 aliphatic carbocycles. The molecule has 11 nitrogen and oxygen atoms in total. The smallest absolute Gasteiger partial charge is 0.410 e. The van der Waals surface area contributed by atoms with Crippen LogP contribution in [0, 0.1) is 24.7 Å². The Bertz CT molecular complexity index is 1640. The first-order valence-corrected chi connectivity index (χ1v) is 18.9. The lowest BCUT2D eigenvalue weighted by Crippen LogP contribution is -2.67. The third kappa shape index (κ3) is 8.24. The molecule has 1 saturated heterocycles. The normalized spacial score (nSPS) is 21.2. The molecule has 3 aromatic rings. The van der Waals surface area contributed by atoms with Crippen LogP contribution in [0.5, 0.6) is 5.75 Å². The number of anilines is 1. The SMILES string of the molecule is COc1ccc(C2CCC(CN(C(=O)C3CCCCC3)c3cc(-c4cnn(C(C)COC(=O)N5CC(OC)(C(C)C)C5)c4)ccn3)CC2)nc1C. The standard InChI is InChI=1S/C40H56N6O5/c1-27(2)40(50-6)25-44(26-40)39(48)51-24-28(3)46-23-34(21-42-46)33-18-19-41-37(20-33)45(38(47)32-10-8-7-9-11-32)22-30-12-14-31(15-13-30)35-16-17-36(49-5)29(4)43-35/h16-21,23,27-28,30-32H,7-15,22,24-26H2,1-6H3. The van der Waals surface area contributed by atoms with Gasteiger partial charge in [-0.1, -0.05) is 33.1 Å². The van der Waals surface area contributed by atoms with Crippen LogP contribution in [0.25, 0.3) is 11.1 Å². The summed E-state index contributed by atoms with van der Waals surface area (Å²) >= 11 is 0. The minimum Gasteiger partial charge on any atom is -0.495 e.